The highest BCUT2D eigenvalue weighted by atomic mass is 32.2. The summed E-state index contributed by atoms with van der Waals surface area (Å²) in [4.78, 5) is 15.3. The SMILES string of the molecule is O=C1S[C@H](CCC(O)c2ccc(F)cc2)[C@@H](c2ccc(-c3cccc(O)c3)cc2O)N1c1ccc(-c2ccccc2)cc1. The number of aliphatic hydroxyl groups is 1. The Labute approximate surface area is 253 Å². The van der Waals surface area contributed by atoms with Crippen LogP contribution < -0.4 is 4.90 Å². The summed E-state index contributed by atoms with van der Waals surface area (Å²) in [5.41, 5.74) is 5.50. The topological polar surface area (TPSA) is 81.0 Å². The number of anilines is 1. The van der Waals surface area contributed by atoms with Crippen LogP contribution in [0.2, 0.25) is 0 Å². The average Bonchev–Trinajstić information content (AvgIpc) is 3.36. The number of rotatable bonds is 8. The quantitative estimate of drug-likeness (QED) is 0.168. The van der Waals surface area contributed by atoms with Gasteiger partial charge in [-0.15, -0.1) is 0 Å². The molecule has 1 aliphatic rings. The molecule has 5 aromatic carbocycles. The number of phenols is 2. The van der Waals surface area contributed by atoms with Gasteiger partial charge in [0.05, 0.1) is 12.1 Å². The smallest absolute Gasteiger partial charge is 0.287 e. The Hall–Kier alpha value is -4.59. The number of halogens is 1. The van der Waals surface area contributed by atoms with Crippen molar-refractivity contribution in [3.8, 4) is 33.8 Å². The molecule has 3 N–H and O–H groups in total. The zero-order chi connectivity index (χ0) is 29.9. The molecule has 3 atom stereocenters. The minimum absolute atomic E-state index is 0.0381. The molecule has 0 radical (unpaired) electrons. The molecular weight excluding hydrogens is 561 g/mol. The molecule has 0 aliphatic carbocycles. The monoisotopic (exact) mass is 591 g/mol. The molecule has 1 heterocycles. The summed E-state index contributed by atoms with van der Waals surface area (Å²) in [7, 11) is 0. The second-order valence-corrected chi connectivity index (χ2v) is 11.8. The Morgan fingerprint density at radius 1 is 0.744 bits per heavy atom. The lowest BCUT2D eigenvalue weighted by atomic mass is 9.93. The van der Waals surface area contributed by atoms with E-state index in [2.05, 4.69) is 0 Å². The van der Waals surface area contributed by atoms with E-state index in [0.717, 1.165) is 22.3 Å². The van der Waals surface area contributed by atoms with Gasteiger partial charge in [-0.1, -0.05) is 90.6 Å². The lowest BCUT2D eigenvalue weighted by Crippen LogP contribution is -2.29. The molecule has 1 amide bonds. The normalized spacial score (nSPS) is 17.3. The molecule has 216 valence electrons. The largest absolute Gasteiger partial charge is 0.508 e. The predicted octanol–water partition coefficient (Wildman–Crippen LogP) is 8.87. The van der Waals surface area contributed by atoms with Crippen molar-refractivity contribution in [3.63, 3.8) is 0 Å². The molecule has 1 fully saturated rings. The van der Waals surface area contributed by atoms with Crippen LogP contribution in [0.5, 0.6) is 11.5 Å². The van der Waals surface area contributed by atoms with Gasteiger partial charge in [0.2, 0.25) is 0 Å². The minimum atomic E-state index is -0.821. The lowest BCUT2D eigenvalue weighted by Gasteiger charge is -2.29. The minimum Gasteiger partial charge on any atom is -0.508 e. The number of phenolic OH excluding ortho intramolecular Hbond substituents is 2. The highest BCUT2D eigenvalue weighted by molar-refractivity contribution is 8.14. The van der Waals surface area contributed by atoms with E-state index < -0.39 is 12.1 Å². The van der Waals surface area contributed by atoms with Crippen LogP contribution in [0.25, 0.3) is 22.3 Å². The Balaban J connectivity index is 1.33. The van der Waals surface area contributed by atoms with E-state index in [4.69, 9.17) is 0 Å². The number of aliphatic hydroxyl groups excluding tert-OH is 1. The summed E-state index contributed by atoms with van der Waals surface area (Å²) in [5, 5.41) is 31.7. The molecule has 5 nitrogen and oxygen atoms in total. The summed E-state index contributed by atoms with van der Waals surface area (Å²) < 4.78 is 13.4. The van der Waals surface area contributed by atoms with Crippen LogP contribution in [0, 0.1) is 5.82 Å². The van der Waals surface area contributed by atoms with Crippen molar-refractivity contribution in [2.45, 2.75) is 30.2 Å². The van der Waals surface area contributed by atoms with E-state index >= 15 is 0 Å². The number of hydrogen-bond acceptors (Lipinski definition) is 5. The van der Waals surface area contributed by atoms with Crippen molar-refractivity contribution in [2.75, 3.05) is 4.90 Å². The standard InChI is InChI=1S/C36H30FNO4S/c37-28-14-9-25(10-15-28)32(40)19-20-34-35(31-18-13-27(22-33(31)41)26-7-4-8-30(39)21-26)38(36(42)43-34)29-16-11-24(12-17-29)23-5-2-1-3-6-23/h1-18,21-22,32,34-35,39-41H,19-20H2/t32?,34-,35-/m1/s1. The van der Waals surface area contributed by atoms with Crippen LogP contribution in [0.15, 0.2) is 121 Å². The second-order valence-electron chi connectivity index (χ2n) is 10.6. The maximum absolute atomic E-state index is 13.6. The third-order valence-corrected chi connectivity index (χ3v) is 9.03. The van der Waals surface area contributed by atoms with Crippen LogP contribution in [-0.2, 0) is 0 Å². The molecular formula is C36H30FNO4S. The zero-order valence-electron chi connectivity index (χ0n) is 23.2. The van der Waals surface area contributed by atoms with Gasteiger partial charge in [-0.05, 0) is 83.1 Å². The van der Waals surface area contributed by atoms with Gasteiger partial charge in [0.25, 0.3) is 5.24 Å². The first kappa shape index (κ1) is 28.5. The molecule has 0 bridgehead atoms. The van der Waals surface area contributed by atoms with E-state index in [9.17, 15) is 24.5 Å². The van der Waals surface area contributed by atoms with Gasteiger partial charge in [-0.2, -0.15) is 0 Å². The Morgan fingerprint density at radius 3 is 2.09 bits per heavy atom. The molecule has 1 saturated heterocycles. The Morgan fingerprint density at radius 2 is 1.40 bits per heavy atom. The third kappa shape index (κ3) is 6.14. The highest BCUT2D eigenvalue weighted by Crippen LogP contribution is 2.49. The van der Waals surface area contributed by atoms with Crippen molar-refractivity contribution < 1.29 is 24.5 Å². The summed E-state index contributed by atoms with van der Waals surface area (Å²) >= 11 is 1.19. The molecule has 43 heavy (non-hydrogen) atoms. The lowest BCUT2D eigenvalue weighted by molar-refractivity contribution is 0.163. The maximum atomic E-state index is 13.6. The number of carbonyl (C=O) groups is 1. The van der Waals surface area contributed by atoms with Crippen LogP contribution >= 0.6 is 11.8 Å². The average molecular weight is 592 g/mol. The number of carbonyl (C=O) groups excluding carboxylic acids is 1. The van der Waals surface area contributed by atoms with Crippen molar-refractivity contribution in [1.29, 1.82) is 0 Å². The summed E-state index contributed by atoms with van der Waals surface area (Å²) in [6.07, 6.45) is 0.0139. The molecule has 1 unspecified atom stereocenters. The van der Waals surface area contributed by atoms with E-state index in [1.807, 2.05) is 72.8 Å². The van der Waals surface area contributed by atoms with E-state index in [1.54, 1.807) is 41.3 Å². The van der Waals surface area contributed by atoms with Crippen molar-refractivity contribution in [1.82, 2.24) is 0 Å². The van der Waals surface area contributed by atoms with Gasteiger partial charge in [0.15, 0.2) is 0 Å². The fourth-order valence-electron chi connectivity index (χ4n) is 5.63. The number of nitrogens with zero attached hydrogens (tertiary/aromatic N) is 1. The zero-order valence-corrected chi connectivity index (χ0v) is 24.0. The summed E-state index contributed by atoms with van der Waals surface area (Å²) in [6, 6.07) is 35.2. The van der Waals surface area contributed by atoms with Crippen molar-refractivity contribution in [3.05, 3.63) is 138 Å². The van der Waals surface area contributed by atoms with Gasteiger partial charge >= 0.3 is 0 Å². The van der Waals surface area contributed by atoms with Gasteiger partial charge in [-0.25, -0.2) is 4.39 Å². The molecule has 1 aliphatic heterocycles. The van der Waals surface area contributed by atoms with E-state index in [1.165, 1.54) is 23.9 Å². The fourth-order valence-corrected chi connectivity index (χ4v) is 6.87. The number of thioether (sulfide) groups is 1. The molecule has 0 aromatic heterocycles. The van der Waals surface area contributed by atoms with Gasteiger partial charge in [0.1, 0.15) is 17.3 Å². The Kier molecular flexibility index (Phi) is 8.18. The van der Waals surface area contributed by atoms with Gasteiger partial charge in [0, 0.05) is 16.5 Å². The number of aromatic hydroxyl groups is 2. The molecule has 6 rings (SSSR count). The van der Waals surface area contributed by atoms with Crippen LogP contribution in [0.3, 0.4) is 0 Å². The second kappa shape index (κ2) is 12.3. The predicted molar refractivity (Wildman–Crippen MR) is 170 cm³/mol. The number of amides is 1. The van der Waals surface area contributed by atoms with Crippen LogP contribution in [0.1, 0.15) is 36.1 Å². The summed E-state index contributed by atoms with van der Waals surface area (Å²) in [5.74, 6) is -0.202. The van der Waals surface area contributed by atoms with Crippen molar-refractivity contribution in [2.24, 2.45) is 0 Å². The van der Waals surface area contributed by atoms with Crippen molar-refractivity contribution >= 4 is 22.7 Å². The number of benzene rings is 5. The van der Waals surface area contributed by atoms with E-state index in [0.29, 0.717) is 29.7 Å². The van der Waals surface area contributed by atoms with Gasteiger partial charge < -0.3 is 15.3 Å². The molecule has 0 spiro atoms. The molecule has 0 saturated carbocycles. The van der Waals surface area contributed by atoms with Crippen LogP contribution in [-0.4, -0.2) is 25.8 Å². The first-order valence-corrected chi connectivity index (χ1v) is 15.0. The van der Waals surface area contributed by atoms with E-state index in [-0.39, 0.29) is 27.8 Å². The third-order valence-electron chi connectivity index (χ3n) is 7.84. The van der Waals surface area contributed by atoms with Gasteiger partial charge in [-0.3, -0.25) is 9.69 Å². The molecule has 5 aromatic rings. The Bertz CT molecular complexity index is 1730. The summed E-state index contributed by atoms with van der Waals surface area (Å²) in [6.45, 7) is 0. The maximum Gasteiger partial charge on any atom is 0.287 e. The fraction of sp³-hybridized carbons (Fsp3) is 0.139. The molecule has 7 heteroatoms. The highest BCUT2D eigenvalue weighted by Gasteiger charge is 2.43. The first-order chi connectivity index (χ1) is 20.9. The van der Waals surface area contributed by atoms with Crippen LogP contribution in [0.4, 0.5) is 14.9 Å². The number of hydrogen-bond donors (Lipinski definition) is 3. The first-order valence-electron chi connectivity index (χ1n) is 14.1.